The molecule has 0 aliphatic carbocycles. The van der Waals surface area contributed by atoms with Crippen LogP contribution in [0.25, 0.3) is 16.9 Å². The van der Waals surface area contributed by atoms with Gasteiger partial charge in [-0.15, -0.1) is 0 Å². The van der Waals surface area contributed by atoms with Crippen molar-refractivity contribution in [2.24, 2.45) is 0 Å². The van der Waals surface area contributed by atoms with E-state index >= 15 is 0 Å². The molecule has 2 aromatic heterocycles. The normalized spacial score (nSPS) is 11.8. The molecular formula is C18H17ClN2O. The second-order valence-corrected chi connectivity index (χ2v) is 6.80. The van der Waals surface area contributed by atoms with Gasteiger partial charge in [0.2, 0.25) is 0 Å². The number of carbonyl (C=O) groups excluding carboxylic acids is 1. The predicted molar refractivity (Wildman–Crippen MR) is 89.7 cm³/mol. The highest BCUT2D eigenvalue weighted by atomic mass is 35.5. The fourth-order valence-corrected chi connectivity index (χ4v) is 2.65. The van der Waals surface area contributed by atoms with E-state index in [4.69, 9.17) is 11.6 Å². The third-order valence-electron chi connectivity index (χ3n) is 3.76. The molecule has 0 amide bonds. The Labute approximate surface area is 134 Å². The van der Waals surface area contributed by atoms with Crippen molar-refractivity contribution in [3.05, 3.63) is 58.9 Å². The zero-order valence-corrected chi connectivity index (χ0v) is 13.6. The van der Waals surface area contributed by atoms with Gasteiger partial charge in [0.25, 0.3) is 0 Å². The predicted octanol–water partition coefficient (Wildman–Crippen LogP) is 4.76. The first-order valence-corrected chi connectivity index (χ1v) is 7.51. The summed E-state index contributed by atoms with van der Waals surface area (Å²) >= 11 is 6.01. The lowest BCUT2D eigenvalue weighted by atomic mass is 9.86. The summed E-state index contributed by atoms with van der Waals surface area (Å²) < 4.78 is 1.72. The summed E-state index contributed by atoms with van der Waals surface area (Å²) in [6.45, 7) is 6.52. The van der Waals surface area contributed by atoms with Gasteiger partial charge in [-0.3, -0.25) is 9.20 Å². The Morgan fingerprint density at radius 2 is 1.77 bits per heavy atom. The van der Waals surface area contributed by atoms with Gasteiger partial charge in [-0.05, 0) is 23.1 Å². The maximum Gasteiger partial charge on any atom is 0.169 e. The SMILES string of the molecule is CC(C)(C)c1ccc(-c2nc3ccc(Cl)cn3c2C=O)cc1. The molecule has 0 aliphatic rings. The number of fused-ring (bicyclic) bond motifs is 1. The van der Waals surface area contributed by atoms with Gasteiger partial charge in [-0.1, -0.05) is 56.6 Å². The number of benzene rings is 1. The molecule has 3 rings (SSSR count). The van der Waals surface area contributed by atoms with Gasteiger partial charge < -0.3 is 0 Å². The molecule has 2 heterocycles. The van der Waals surface area contributed by atoms with Gasteiger partial charge in [0.1, 0.15) is 17.0 Å². The quantitative estimate of drug-likeness (QED) is 0.639. The van der Waals surface area contributed by atoms with Crippen LogP contribution in [-0.4, -0.2) is 15.7 Å². The number of pyridine rings is 1. The lowest BCUT2D eigenvalue weighted by molar-refractivity contribution is 0.111. The van der Waals surface area contributed by atoms with E-state index in [1.54, 1.807) is 16.7 Å². The third kappa shape index (κ3) is 2.53. The highest BCUT2D eigenvalue weighted by Gasteiger charge is 2.16. The average Bonchev–Trinajstić information content (AvgIpc) is 2.84. The van der Waals surface area contributed by atoms with E-state index in [0.717, 1.165) is 11.8 Å². The number of carbonyl (C=O) groups is 1. The van der Waals surface area contributed by atoms with Crippen LogP contribution < -0.4 is 0 Å². The topological polar surface area (TPSA) is 34.4 Å². The molecule has 3 aromatic rings. The second kappa shape index (κ2) is 5.25. The minimum Gasteiger partial charge on any atom is -0.296 e. The first-order chi connectivity index (χ1) is 10.4. The number of rotatable bonds is 2. The summed E-state index contributed by atoms with van der Waals surface area (Å²) in [6.07, 6.45) is 2.53. The van der Waals surface area contributed by atoms with Crippen LogP contribution in [-0.2, 0) is 5.41 Å². The Bertz CT molecular complexity index is 842. The van der Waals surface area contributed by atoms with Gasteiger partial charge in [0.05, 0.1) is 5.02 Å². The highest BCUT2D eigenvalue weighted by molar-refractivity contribution is 6.30. The molecule has 0 bridgehead atoms. The number of imidazole rings is 1. The number of hydrogen-bond donors (Lipinski definition) is 0. The van der Waals surface area contributed by atoms with E-state index < -0.39 is 0 Å². The fourth-order valence-electron chi connectivity index (χ4n) is 2.49. The molecule has 0 spiro atoms. The van der Waals surface area contributed by atoms with Gasteiger partial charge in [-0.25, -0.2) is 4.98 Å². The number of aromatic nitrogens is 2. The number of hydrogen-bond acceptors (Lipinski definition) is 2. The minimum absolute atomic E-state index is 0.0957. The Hall–Kier alpha value is -2.13. The first-order valence-electron chi connectivity index (χ1n) is 7.14. The number of halogens is 1. The molecule has 0 radical (unpaired) electrons. The van der Waals surface area contributed by atoms with Crippen LogP contribution in [0.3, 0.4) is 0 Å². The Kier molecular flexibility index (Phi) is 3.53. The van der Waals surface area contributed by atoms with Crippen LogP contribution in [0.15, 0.2) is 42.6 Å². The van der Waals surface area contributed by atoms with Gasteiger partial charge >= 0.3 is 0 Å². The van der Waals surface area contributed by atoms with Crippen molar-refractivity contribution in [3.63, 3.8) is 0 Å². The van der Waals surface area contributed by atoms with Crippen molar-refractivity contribution in [1.82, 2.24) is 9.38 Å². The number of aldehydes is 1. The molecule has 0 unspecified atom stereocenters. The molecule has 0 saturated carbocycles. The van der Waals surface area contributed by atoms with Crippen molar-refractivity contribution in [1.29, 1.82) is 0 Å². The third-order valence-corrected chi connectivity index (χ3v) is 3.98. The van der Waals surface area contributed by atoms with Crippen LogP contribution in [0, 0.1) is 0 Å². The van der Waals surface area contributed by atoms with Crippen molar-refractivity contribution < 1.29 is 4.79 Å². The number of nitrogens with zero attached hydrogens (tertiary/aromatic N) is 2. The van der Waals surface area contributed by atoms with Crippen molar-refractivity contribution in [2.75, 3.05) is 0 Å². The molecular weight excluding hydrogens is 296 g/mol. The smallest absolute Gasteiger partial charge is 0.169 e. The minimum atomic E-state index is 0.0957. The van der Waals surface area contributed by atoms with E-state index in [0.29, 0.717) is 22.1 Å². The molecule has 112 valence electrons. The van der Waals surface area contributed by atoms with Crippen LogP contribution >= 0.6 is 11.6 Å². The molecule has 0 N–H and O–H groups in total. The molecule has 0 atom stereocenters. The highest BCUT2D eigenvalue weighted by Crippen LogP contribution is 2.28. The summed E-state index contributed by atoms with van der Waals surface area (Å²) in [4.78, 5) is 16.1. The van der Waals surface area contributed by atoms with Crippen LogP contribution in [0.4, 0.5) is 0 Å². The molecule has 0 saturated heterocycles. The van der Waals surface area contributed by atoms with E-state index in [2.05, 4.69) is 37.9 Å². The van der Waals surface area contributed by atoms with Crippen molar-refractivity contribution in [2.45, 2.75) is 26.2 Å². The average molecular weight is 313 g/mol. The van der Waals surface area contributed by atoms with Gasteiger partial charge in [-0.2, -0.15) is 0 Å². The molecule has 4 heteroatoms. The molecule has 3 nitrogen and oxygen atoms in total. The Morgan fingerprint density at radius 1 is 1.09 bits per heavy atom. The van der Waals surface area contributed by atoms with Crippen molar-refractivity contribution in [3.8, 4) is 11.3 Å². The van der Waals surface area contributed by atoms with Crippen LogP contribution in [0.5, 0.6) is 0 Å². The molecule has 22 heavy (non-hydrogen) atoms. The maximum absolute atomic E-state index is 11.5. The summed E-state index contributed by atoms with van der Waals surface area (Å²) in [5.74, 6) is 0. The lowest BCUT2D eigenvalue weighted by Crippen LogP contribution is -2.10. The zero-order chi connectivity index (χ0) is 15.9. The zero-order valence-electron chi connectivity index (χ0n) is 12.8. The van der Waals surface area contributed by atoms with Crippen LogP contribution in [0.2, 0.25) is 5.02 Å². The van der Waals surface area contributed by atoms with Crippen LogP contribution in [0.1, 0.15) is 36.8 Å². The van der Waals surface area contributed by atoms with E-state index in [-0.39, 0.29) is 5.41 Å². The monoisotopic (exact) mass is 312 g/mol. The summed E-state index contributed by atoms with van der Waals surface area (Å²) in [6, 6.07) is 11.8. The van der Waals surface area contributed by atoms with E-state index in [1.807, 2.05) is 18.2 Å². The second-order valence-electron chi connectivity index (χ2n) is 6.37. The fraction of sp³-hybridized carbons (Fsp3) is 0.222. The summed E-state index contributed by atoms with van der Waals surface area (Å²) in [7, 11) is 0. The lowest BCUT2D eigenvalue weighted by Gasteiger charge is -2.18. The maximum atomic E-state index is 11.5. The Morgan fingerprint density at radius 3 is 2.36 bits per heavy atom. The molecule has 0 fully saturated rings. The molecule has 0 aliphatic heterocycles. The Balaban J connectivity index is 2.15. The summed E-state index contributed by atoms with van der Waals surface area (Å²) in [5.41, 5.74) is 4.17. The van der Waals surface area contributed by atoms with Gasteiger partial charge in [0.15, 0.2) is 6.29 Å². The standard InChI is InChI=1S/C18H17ClN2O/c1-18(2,3)13-6-4-12(5-7-13)17-15(11-22)21-10-14(19)8-9-16(21)20-17/h4-11H,1-3H3. The van der Waals surface area contributed by atoms with Crippen molar-refractivity contribution >= 4 is 23.5 Å². The first kappa shape index (κ1) is 14.8. The van der Waals surface area contributed by atoms with E-state index in [9.17, 15) is 4.79 Å². The van der Waals surface area contributed by atoms with E-state index in [1.165, 1.54) is 5.56 Å². The van der Waals surface area contributed by atoms with Gasteiger partial charge in [0, 0.05) is 11.8 Å². The summed E-state index contributed by atoms with van der Waals surface area (Å²) in [5, 5.41) is 0.572. The largest absolute Gasteiger partial charge is 0.296 e. The molecule has 1 aromatic carbocycles.